The monoisotopic (exact) mass is 265 g/mol. The molecule has 3 heteroatoms. The van der Waals surface area contributed by atoms with Gasteiger partial charge in [0.25, 0.3) is 0 Å². The van der Waals surface area contributed by atoms with Crippen LogP contribution in [0.2, 0.25) is 0 Å². The lowest BCUT2D eigenvalue weighted by molar-refractivity contribution is 0.503. The summed E-state index contributed by atoms with van der Waals surface area (Å²) < 4.78 is 12.3. The van der Waals surface area contributed by atoms with Crippen molar-refractivity contribution in [3.63, 3.8) is 0 Å². The first-order valence-corrected chi connectivity index (χ1v) is 8.24. The van der Waals surface area contributed by atoms with E-state index in [0.29, 0.717) is 11.0 Å². The first-order valence-electron chi connectivity index (χ1n) is 6.86. The van der Waals surface area contributed by atoms with Crippen molar-refractivity contribution < 1.29 is 4.21 Å². The molecule has 1 aromatic carbocycles. The van der Waals surface area contributed by atoms with Crippen LogP contribution in [-0.2, 0) is 10.8 Å². The van der Waals surface area contributed by atoms with Crippen LogP contribution in [0.4, 0.5) is 0 Å². The molecule has 1 fully saturated rings. The highest BCUT2D eigenvalue weighted by atomic mass is 32.2. The van der Waals surface area contributed by atoms with Gasteiger partial charge in [0.15, 0.2) is 0 Å². The maximum Gasteiger partial charge on any atom is 0.0431 e. The van der Waals surface area contributed by atoms with Crippen molar-refractivity contribution in [2.24, 2.45) is 5.73 Å². The van der Waals surface area contributed by atoms with E-state index in [1.165, 1.54) is 24.8 Å². The minimum Gasteiger partial charge on any atom is -0.323 e. The highest BCUT2D eigenvalue weighted by molar-refractivity contribution is 7.85. The summed E-state index contributed by atoms with van der Waals surface area (Å²) >= 11 is 0. The van der Waals surface area contributed by atoms with E-state index >= 15 is 0 Å². The summed E-state index contributed by atoms with van der Waals surface area (Å²) in [5.74, 6) is 0.605. The highest BCUT2D eigenvalue weighted by Gasteiger charge is 2.21. The lowest BCUT2D eigenvalue weighted by Crippen LogP contribution is -2.26. The standard InChI is InChI=1S/C15H23NOS/c1-12-7-9-13(10-8-12)15(16)11-18(17)14-5-3-2-4-6-14/h7-10,14-15H,2-6,11,16H2,1H3. The third-order valence-corrected chi connectivity index (χ3v) is 5.68. The quantitative estimate of drug-likeness (QED) is 0.909. The third kappa shape index (κ3) is 3.66. The van der Waals surface area contributed by atoms with Gasteiger partial charge in [0.2, 0.25) is 0 Å². The minimum absolute atomic E-state index is 0.0895. The number of hydrogen-bond acceptors (Lipinski definition) is 2. The van der Waals surface area contributed by atoms with Gasteiger partial charge in [0.1, 0.15) is 0 Å². The molecule has 2 N–H and O–H groups in total. The van der Waals surface area contributed by atoms with Crippen molar-refractivity contribution >= 4 is 10.8 Å². The summed E-state index contributed by atoms with van der Waals surface area (Å²) in [5, 5.41) is 0.384. The molecule has 0 spiro atoms. The van der Waals surface area contributed by atoms with Crippen molar-refractivity contribution in [2.75, 3.05) is 5.75 Å². The van der Waals surface area contributed by atoms with Gasteiger partial charge >= 0.3 is 0 Å². The fraction of sp³-hybridized carbons (Fsp3) is 0.600. The molecule has 0 radical (unpaired) electrons. The van der Waals surface area contributed by atoms with Gasteiger partial charge in [-0.1, -0.05) is 49.1 Å². The van der Waals surface area contributed by atoms with Crippen molar-refractivity contribution in [3.05, 3.63) is 35.4 Å². The fourth-order valence-corrected chi connectivity index (χ4v) is 4.23. The van der Waals surface area contributed by atoms with Crippen LogP contribution in [0.5, 0.6) is 0 Å². The molecule has 2 nitrogen and oxygen atoms in total. The number of benzene rings is 1. The fourth-order valence-electron chi connectivity index (χ4n) is 2.55. The number of nitrogens with two attached hydrogens (primary N) is 1. The Morgan fingerprint density at radius 2 is 1.83 bits per heavy atom. The molecular formula is C15H23NOS. The van der Waals surface area contributed by atoms with Crippen LogP contribution in [0.3, 0.4) is 0 Å². The molecule has 2 rings (SSSR count). The van der Waals surface area contributed by atoms with Gasteiger partial charge in [-0.3, -0.25) is 4.21 Å². The smallest absolute Gasteiger partial charge is 0.0431 e. The summed E-state index contributed by atoms with van der Waals surface area (Å²) in [5.41, 5.74) is 8.50. The largest absolute Gasteiger partial charge is 0.323 e. The summed E-state index contributed by atoms with van der Waals surface area (Å²) in [7, 11) is -0.767. The summed E-state index contributed by atoms with van der Waals surface area (Å²) in [4.78, 5) is 0. The summed E-state index contributed by atoms with van der Waals surface area (Å²) in [6.07, 6.45) is 6.00. The van der Waals surface area contributed by atoms with E-state index < -0.39 is 10.8 Å². The van der Waals surface area contributed by atoms with E-state index in [2.05, 4.69) is 31.2 Å². The van der Waals surface area contributed by atoms with E-state index in [4.69, 9.17) is 5.73 Å². The molecule has 0 saturated heterocycles. The first-order chi connectivity index (χ1) is 8.66. The molecule has 0 aromatic heterocycles. The molecule has 0 heterocycles. The Labute approximate surface area is 112 Å². The first kappa shape index (κ1) is 13.8. The molecule has 1 saturated carbocycles. The predicted octanol–water partition coefficient (Wildman–Crippen LogP) is 3.08. The lowest BCUT2D eigenvalue weighted by Gasteiger charge is -2.22. The second-order valence-electron chi connectivity index (χ2n) is 5.32. The molecule has 0 amide bonds. The molecule has 1 aromatic rings. The molecule has 18 heavy (non-hydrogen) atoms. The average Bonchev–Trinajstić information content (AvgIpc) is 2.40. The van der Waals surface area contributed by atoms with Gasteiger partial charge in [0.05, 0.1) is 0 Å². The zero-order valence-corrected chi connectivity index (χ0v) is 11.9. The topological polar surface area (TPSA) is 43.1 Å². The molecule has 1 aliphatic carbocycles. The Morgan fingerprint density at radius 1 is 1.22 bits per heavy atom. The van der Waals surface area contributed by atoms with E-state index in [1.54, 1.807) is 0 Å². The number of rotatable bonds is 4. The Hall–Kier alpha value is -0.670. The highest BCUT2D eigenvalue weighted by Crippen LogP contribution is 2.24. The molecule has 2 atom stereocenters. The zero-order valence-electron chi connectivity index (χ0n) is 11.1. The third-order valence-electron chi connectivity index (χ3n) is 3.77. The van der Waals surface area contributed by atoms with E-state index in [1.807, 2.05) is 0 Å². The average molecular weight is 265 g/mol. The van der Waals surface area contributed by atoms with Gasteiger partial charge in [-0.25, -0.2) is 0 Å². The van der Waals surface area contributed by atoms with Crippen LogP contribution >= 0.6 is 0 Å². The lowest BCUT2D eigenvalue weighted by atomic mass is 10.0. The summed E-state index contributed by atoms with van der Waals surface area (Å²) in [6, 6.07) is 8.15. The van der Waals surface area contributed by atoms with Gasteiger partial charge in [-0.05, 0) is 25.3 Å². The molecular weight excluding hydrogens is 242 g/mol. The number of aryl methyl sites for hydroxylation is 1. The second-order valence-corrected chi connectivity index (χ2v) is 7.09. The van der Waals surface area contributed by atoms with Crippen LogP contribution in [0.1, 0.15) is 49.3 Å². The van der Waals surface area contributed by atoms with Gasteiger partial charge in [-0.15, -0.1) is 0 Å². The van der Waals surface area contributed by atoms with E-state index in [0.717, 1.165) is 18.4 Å². The Balaban J connectivity index is 1.91. The second kappa shape index (κ2) is 6.48. The molecule has 1 aliphatic rings. The zero-order chi connectivity index (χ0) is 13.0. The molecule has 100 valence electrons. The van der Waals surface area contributed by atoms with Crippen molar-refractivity contribution in [1.29, 1.82) is 0 Å². The van der Waals surface area contributed by atoms with Crippen LogP contribution < -0.4 is 5.73 Å². The molecule has 2 unspecified atom stereocenters. The Kier molecular flexibility index (Phi) is 4.95. The Bertz CT molecular complexity index is 395. The van der Waals surface area contributed by atoms with Crippen LogP contribution in [0.15, 0.2) is 24.3 Å². The summed E-state index contributed by atoms with van der Waals surface area (Å²) in [6.45, 7) is 2.06. The minimum atomic E-state index is -0.767. The predicted molar refractivity (Wildman–Crippen MR) is 78.0 cm³/mol. The molecule has 0 bridgehead atoms. The normalized spacial score (nSPS) is 20.6. The SMILES string of the molecule is Cc1ccc(C(N)CS(=O)C2CCCCC2)cc1. The molecule has 0 aliphatic heterocycles. The van der Waals surface area contributed by atoms with Gasteiger partial charge < -0.3 is 5.73 Å². The Morgan fingerprint density at radius 3 is 2.44 bits per heavy atom. The number of hydrogen-bond donors (Lipinski definition) is 1. The van der Waals surface area contributed by atoms with Crippen LogP contribution in [0.25, 0.3) is 0 Å². The maximum atomic E-state index is 12.3. The van der Waals surface area contributed by atoms with Crippen LogP contribution in [0, 0.1) is 6.92 Å². The van der Waals surface area contributed by atoms with Crippen molar-refractivity contribution in [3.8, 4) is 0 Å². The van der Waals surface area contributed by atoms with E-state index in [9.17, 15) is 4.21 Å². The van der Waals surface area contributed by atoms with E-state index in [-0.39, 0.29) is 6.04 Å². The van der Waals surface area contributed by atoms with Gasteiger partial charge in [0, 0.05) is 27.8 Å². The van der Waals surface area contributed by atoms with Crippen molar-refractivity contribution in [2.45, 2.75) is 50.3 Å². The van der Waals surface area contributed by atoms with Crippen molar-refractivity contribution in [1.82, 2.24) is 0 Å². The van der Waals surface area contributed by atoms with Crippen LogP contribution in [-0.4, -0.2) is 15.2 Å². The maximum absolute atomic E-state index is 12.3. The van der Waals surface area contributed by atoms with Gasteiger partial charge in [-0.2, -0.15) is 0 Å².